The number of hydrazone groups is 1. The third kappa shape index (κ3) is 4.71. The number of nitrogens with one attached hydrogen (secondary N) is 2. The molecular weight excluding hydrogens is 353 g/mol. The third-order valence-corrected chi connectivity index (χ3v) is 3.72. The topological polar surface area (TPSA) is 79.8 Å². The molecule has 2 aromatic carbocycles. The van der Waals surface area contributed by atoms with Crippen LogP contribution < -0.4 is 15.5 Å². The zero-order valence-corrected chi connectivity index (χ0v) is 14.1. The Kier molecular flexibility index (Phi) is 6.17. The van der Waals surface area contributed by atoms with Crippen molar-refractivity contribution in [1.29, 1.82) is 0 Å². The standard InChI is InChI=1S/C16H13Cl2N3O3/c1-24-12-6-3-5-11(8-12)20-15(22)16(23)21-19-9-10-4-2-7-13(17)14(10)18/h2-9H,1H3,(H,20,22)(H,21,23). The number of carbonyl (C=O) groups is 2. The van der Waals surface area contributed by atoms with Crippen LogP contribution in [-0.4, -0.2) is 25.1 Å². The van der Waals surface area contributed by atoms with Crippen molar-refractivity contribution in [1.82, 2.24) is 5.43 Å². The van der Waals surface area contributed by atoms with Crippen LogP contribution in [0.2, 0.25) is 10.0 Å². The second kappa shape index (κ2) is 8.33. The second-order valence-corrected chi connectivity index (χ2v) is 5.31. The number of benzene rings is 2. The number of carbonyl (C=O) groups excluding carboxylic acids is 2. The van der Waals surface area contributed by atoms with Crippen LogP contribution in [0.1, 0.15) is 5.56 Å². The number of methoxy groups -OCH3 is 1. The van der Waals surface area contributed by atoms with Crippen molar-refractivity contribution in [3.05, 3.63) is 58.1 Å². The molecule has 0 heterocycles. The van der Waals surface area contributed by atoms with Crippen LogP contribution in [0, 0.1) is 0 Å². The Hall–Kier alpha value is -2.57. The summed E-state index contributed by atoms with van der Waals surface area (Å²) >= 11 is 11.8. The Morgan fingerprint density at radius 3 is 2.62 bits per heavy atom. The van der Waals surface area contributed by atoms with Gasteiger partial charge in [0, 0.05) is 17.3 Å². The van der Waals surface area contributed by atoms with E-state index in [0.29, 0.717) is 27.0 Å². The van der Waals surface area contributed by atoms with Crippen LogP contribution in [0.25, 0.3) is 0 Å². The maximum atomic E-state index is 11.8. The van der Waals surface area contributed by atoms with Gasteiger partial charge in [-0.1, -0.05) is 41.4 Å². The summed E-state index contributed by atoms with van der Waals surface area (Å²) in [5.41, 5.74) is 3.05. The van der Waals surface area contributed by atoms with Gasteiger partial charge in [-0.3, -0.25) is 9.59 Å². The van der Waals surface area contributed by atoms with Crippen LogP contribution in [0.15, 0.2) is 47.6 Å². The van der Waals surface area contributed by atoms with Gasteiger partial charge in [-0.25, -0.2) is 5.43 Å². The lowest BCUT2D eigenvalue weighted by Gasteiger charge is -2.06. The fourth-order valence-corrected chi connectivity index (χ4v) is 2.08. The summed E-state index contributed by atoms with van der Waals surface area (Å²) in [5.74, 6) is -1.23. The summed E-state index contributed by atoms with van der Waals surface area (Å²) in [6, 6.07) is 11.6. The van der Waals surface area contributed by atoms with E-state index >= 15 is 0 Å². The second-order valence-electron chi connectivity index (χ2n) is 4.53. The maximum absolute atomic E-state index is 11.8. The van der Waals surface area contributed by atoms with Crippen molar-refractivity contribution in [3.8, 4) is 5.75 Å². The highest BCUT2D eigenvalue weighted by molar-refractivity contribution is 6.43. The van der Waals surface area contributed by atoms with Crippen molar-refractivity contribution >= 4 is 46.9 Å². The van der Waals surface area contributed by atoms with Crippen molar-refractivity contribution in [2.45, 2.75) is 0 Å². The molecule has 0 unspecified atom stereocenters. The average molecular weight is 366 g/mol. The smallest absolute Gasteiger partial charge is 0.329 e. The number of nitrogens with zero attached hydrogens (tertiary/aromatic N) is 1. The minimum atomic E-state index is -0.924. The molecule has 0 atom stereocenters. The molecule has 124 valence electrons. The normalized spacial score (nSPS) is 10.5. The summed E-state index contributed by atoms with van der Waals surface area (Å²) < 4.78 is 5.03. The first kappa shape index (κ1) is 17.8. The highest BCUT2D eigenvalue weighted by Gasteiger charge is 2.13. The van der Waals surface area contributed by atoms with E-state index in [4.69, 9.17) is 27.9 Å². The third-order valence-electron chi connectivity index (χ3n) is 2.89. The van der Waals surface area contributed by atoms with Crippen LogP contribution in [0.3, 0.4) is 0 Å². The van der Waals surface area contributed by atoms with Gasteiger partial charge in [-0.2, -0.15) is 5.10 Å². The molecule has 0 aliphatic carbocycles. The lowest BCUT2D eigenvalue weighted by Crippen LogP contribution is -2.32. The predicted octanol–water partition coefficient (Wildman–Crippen LogP) is 3.09. The lowest BCUT2D eigenvalue weighted by molar-refractivity contribution is -0.136. The molecule has 0 saturated heterocycles. The number of amides is 2. The van der Waals surface area contributed by atoms with Crippen LogP contribution in [-0.2, 0) is 9.59 Å². The highest BCUT2D eigenvalue weighted by atomic mass is 35.5. The van der Waals surface area contributed by atoms with Crippen LogP contribution in [0.4, 0.5) is 5.69 Å². The SMILES string of the molecule is COc1cccc(NC(=O)C(=O)NN=Cc2cccc(Cl)c2Cl)c1. The quantitative estimate of drug-likeness (QED) is 0.496. The minimum Gasteiger partial charge on any atom is -0.497 e. The van der Waals surface area contributed by atoms with E-state index < -0.39 is 11.8 Å². The first-order valence-corrected chi connectivity index (χ1v) is 7.49. The van der Waals surface area contributed by atoms with Gasteiger partial charge in [0.2, 0.25) is 0 Å². The highest BCUT2D eigenvalue weighted by Crippen LogP contribution is 2.24. The van der Waals surface area contributed by atoms with Crippen molar-refractivity contribution in [2.75, 3.05) is 12.4 Å². The molecule has 8 heteroatoms. The molecule has 2 amide bonds. The molecule has 0 aliphatic heterocycles. The molecule has 0 bridgehead atoms. The van der Waals surface area contributed by atoms with Gasteiger partial charge < -0.3 is 10.1 Å². The van der Waals surface area contributed by atoms with Gasteiger partial charge in [-0.15, -0.1) is 0 Å². The van der Waals surface area contributed by atoms with Gasteiger partial charge in [-0.05, 0) is 18.2 Å². The van der Waals surface area contributed by atoms with Crippen LogP contribution in [0.5, 0.6) is 5.75 Å². The van der Waals surface area contributed by atoms with Gasteiger partial charge in [0.15, 0.2) is 0 Å². The first-order valence-electron chi connectivity index (χ1n) is 6.73. The van der Waals surface area contributed by atoms with Gasteiger partial charge in [0.05, 0.1) is 23.4 Å². The number of rotatable bonds is 4. The Morgan fingerprint density at radius 2 is 1.88 bits per heavy atom. The molecule has 2 rings (SSSR count). The number of ether oxygens (including phenoxy) is 1. The van der Waals surface area contributed by atoms with E-state index in [1.807, 2.05) is 0 Å². The first-order chi connectivity index (χ1) is 11.5. The van der Waals surface area contributed by atoms with Gasteiger partial charge in [0.1, 0.15) is 5.75 Å². The number of halogens is 2. The maximum Gasteiger partial charge on any atom is 0.329 e. The zero-order valence-electron chi connectivity index (χ0n) is 12.5. The zero-order chi connectivity index (χ0) is 17.5. The fraction of sp³-hybridized carbons (Fsp3) is 0.0625. The molecule has 0 aliphatic rings. The van der Waals surface area contributed by atoms with Crippen molar-refractivity contribution in [3.63, 3.8) is 0 Å². The van der Waals surface area contributed by atoms with Crippen molar-refractivity contribution in [2.24, 2.45) is 5.10 Å². The molecule has 0 spiro atoms. The summed E-state index contributed by atoms with van der Waals surface area (Å²) in [6.45, 7) is 0. The molecule has 0 aromatic heterocycles. The van der Waals surface area contributed by atoms with Gasteiger partial charge in [0.25, 0.3) is 0 Å². The van der Waals surface area contributed by atoms with Gasteiger partial charge >= 0.3 is 11.8 Å². The van der Waals surface area contributed by atoms with E-state index in [1.165, 1.54) is 13.3 Å². The summed E-state index contributed by atoms with van der Waals surface area (Å²) in [7, 11) is 1.50. The number of hydrogen-bond acceptors (Lipinski definition) is 4. The molecule has 0 fully saturated rings. The molecular formula is C16H13Cl2N3O3. The molecule has 6 nitrogen and oxygen atoms in total. The Balaban J connectivity index is 1.95. The monoisotopic (exact) mass is 365 g/mol. The number of hydrogen-bond donors (Lipinski definition) is 2. The molecule has 2 N–H and O–H groups in total. The van der Waals surface area contributed by atoms with E-state index in [2.05, 4.69) is 15.8 Å². The van der Waals surface area contributed by atoms with E-state index in [9.17, 15) is 9.59 Å². The minimum absolute atomic E-state index is 0.304. The Morgan fingerprint density at radius 1 is 1.12 bits per heavy atom. The Labute approximate surface area is 148 Å². The molecule has 0 radical (unpaired) electrons. The van der Waals surface area contributed by atoms with Crippen molar-refractivity contribution < 1.29 is 14.3 Å². The molecule has 24 heavy (non-hydrogen) atoms. The largest absolute Gasteiger partial charge is 0.497 e. The Bertz CT molecular complexity index is 794. The lowest BCUT2D eigenvalue weighted by atomic mass is 10.2. The fourth-order valence-electron chi connectivity index (χ4n) is 1.72. The van der Waals surface area contributed by atoms with E-state index in [0.717, 1.165) is 0 Å². The van der Waals surface area contributed by atoms with E-state index in [1.54, 1.807) is 42.5 Å². The van der Waals surface area contributed by atoms with Crippen LogP contribution >= 0.6 is 23.2 Å². The predicted molar refractivity (Wildman–Crippen MR) is 93.8 cm³/mol. The average Bonchev–Trinajstić information content (AvgIpc) is 2.58. The number of anilines is 1. The van der Waals surface area contributed by atoms with E-state index in [-0.39, 0.29) is 0 Å². The molecule has 0 saturated carbocycles. The summed E-state index contributed by atoms with van der Waals surface area (Å²) in [4.78, 5) is 23.5. The summed E-state index contributed by atoms with van der Waals surface area (Å²) in [5, 5.41) is 6.79. The molecule has 2 aromatic rings. The summed E-state index contributed by atoms with van der Waals surface area (Å²) in [6.07, 6.45) is 1.30.